The minimum atomic E-state index is -0.801. The van der Waals surface area contributed by atoms with Crippen molar-refractivity contribution < 1.29 is 9.90 Å². The summed E-state index contributed by atoms with van der Waals surface area (Å²) in [4.78, 5) is 17.9. The zero-order valence-electron chi connectivity index (χ0n) is 8.79. The molecule has 0 saturated heterocycles. The average molecular weight is 196 g/mol. The van der Waals surface area contributed by atoms with Crippen LogP contribution < -0.4 is 0 Å². The van der Waals surface area contributed by atoms with Crippen molar-refractivity contribution >= 4 is 5.97 Å². The number of carbonyl (C=O) groups is 1. The Balaban J connectivity index is 2.85. The number of aromatic amines is 1. The van der Waals surface area contributed by atoms with Gasteiger partial charge in [0.15, 0.2) is 0 Å². The van der Waals surface area contributed by atoms with Gasteiger partial charge in [0.05, 0.1) is 6.42 Å². The van der Waals surface area contributed by atoms with Gasteiger partial charge in [-0.3, -0.25) is 4.79 Å². The highest BCUT2D eigenvalue weighted by molar-refractivity contribution is 5.68. The van der Waals surface area contributed by atoms with E-state index in [0.29, 0.717) is 0 Å². The number of rotatable bonds is 4. The molecule has 0 bridgehead atoms. The first-order valence-electron chi connectivity index (χ1n) is 4.72. The van der Waals surface area contributed by atoms with Gasteiger partial charge in [-0.2, -0.15) is 0 Å². The van der Waals surface area contributed by atoms with Crippen molar-refractivity contribution in [1.82, 2.24) is 9.97 Å². The molecule has 78 valence electrons. The molecule has 14 heavy (non-hydrogen) atoms. The van der Waals surface area contributed by atoms with E-state index in [0.717, 1.165) is 17.9 Å². The van der Waals surface area contributed by atoms with E-state index in [4.69, 9.17) is 5.11 Å². The van der Waals surface area contributed by atoms with E-state index in [2.05, 4.69) is 9.97 Å². The fourth-order valence-electron chi connectivity index (χ4n) is 1.34. The average Bonchev–Trinajstić information content (AvgIpc) is 2.49. The SMILES string of the molecule is CCc1cnc(C(C)(C)CC(=O)O)[nH]1. The van der Waals surface area contributed by atoms with Crippen molar-refractivity contribution in [1.29, 1.82) is 0 Å². The number of aliphatic carboxylic acids is 1. The van der Waals surface area contributed by atoms with Gasteiger partial charge in [0.25, 0.3) is 0 Å². The van der Waals surface area contributed by atoms with Crippen molar-refractivity contribution in [2.24, 2.45) is 0 Å². The quantitative estimate of drug-likeness (QED) is 0.770. The molecule has 0 amide bonds. The summed E-state index contributed by atoms with van der Waals surface area (Å²) < 4.78 is 0. The molecule has 1 aromatic heterocycles. The molecule has 0 atom stereocenters. The van der Waals surface area contributed by atoms with Gasteiger partial charge < -0.3 is 10.1 Å². The topological polar surface area (TPSA) is 66.0 Å². The van der Waals surface area contributed by atoms with Crippen LogP contribution in [0, 0.1) is 0 Å². The molecule has 1 heterocycles. The lowest BCUT2D eigenvalue weighted by molar-refractivity contribution is -0.138. The lowest BCUT2D eigenvalue weighted by Gasteiger charge is -2.19. The van der Waals surface area contributed by atoms with E-state index < -0.39 is 11.4 Å². The van der Waals surface area contributed by atoms with Crippen LogP contribution in [0.25, 0.3) is 0 Å². The number of imidazole rings is 1. The van der Waals surface area contributed by atoms with Gasteiger partial charge in [-0.25, -0.2) is 4.98 Å². The summed E-state index contributed by atoms with van der Waals surface area (Å²) in [6.45, 7) is 5.78. The van der Waals surface area contributed by atoms with Gasteiger partial charge in [-0.1, -0.05) is 20.8 Å². The van der Waals surface area contributed by atoms with Crippen LogP contribution in [0.2, 0.25) is 0 Å². The lowest BCUT2D eigenvalue weighted by Crippen LogP contribution is -2.23. The third-order valence-corrected chi connectivity index (χ3v) is 2.24. The Morgan fingerprint density at radius 1 is 1.64 bits per heavy atom. The molecule has 0 fully saturated rings. The molecule has 0 saturated carbocycles. The molecule has 0 radical (unpaired) electrons. The molecular formula is C10H16N2O2. The lowest BCUT2D eigenvalue weighted by atomic mass is 9.88. The highest BCUT2D eigenvalue weighted by Gasteiger charge is 2.26. The predicted molar refractivity (Wildman–Crippen MR) is 53.2 cm³/mol. The van der Waals surface area contributed by atoms with Crippen LogP contribution in [-0.4, -0.2) is 21.0 Å². The normalized spacial score (nSPS) is 11.6. The van der Waals surface area contributed by atoms with E-state index in [9.17, 15) is 4.79 Å². The van der Waals surface area contributed by atoms with Crippen LogP contribution >= 0.6 is 0 Å². The Bertz CT molecular complexity index is 329. The number of aryl methyl sites for hydroxylation is 1. The summed E-state index contributed by atoms with van der Waals surface area (Å²) in [5.74, 6) is -0.0544. The zero-order valence-corrected chi connectivity index (χ0v) is 8.79. The Morgan fingerprint density at radius 3 is 2.71 bits per heavy atom. The largest absolute Gasteiger partial charge is 0.481 e. The van der Waals surface area contributed by atoms with E-state index in [1.807, 2.05) is 20.8 Å². The molecule has 0 aliphatic rings. The summed E-state index contributed by atoms with van der Waals surface area (Å²) in [6.07, 6.45) is 2.73. The fraction of sp³-hybridized carbons (Fsp3) is 0.600. The van der Waals surface area contributed by atoms with Crippen LogP contribution in [0.1, 0.15) is 38.7 Å². The van der Waals surface area contributed by atoms with Gasteiger partial charge in [0.1, 0.15) is 5.82 Å². The minimum Gasteiger partial charge on any atom is -0.481 e. The number of aromatic nitrogens is 2. The number of hydrogen-bond donors (Lipinski definition) is 2. The zero-order chi connectivity index (χ0) is 10.8. The smallest absolute Gasteiger partial charge is 0.304 e. The van der Waals surface area contributed by atoms with Crippen LogP contribution in [0.4, 0.5) is 0 Å². The second-order valence-electron chi connectivity index (χ2n) is 4.06. The highest BCUT2D eigenvalue weighted by atomic mass is 16.4. The van der Waals surface area contributed by atoms with Crippen LogP contribution in [0.5, 0.6) is 0 Å². The third-order valence-electron chi connectivity index (χ3n) is 2.24. The minimum absolute atomic E-state index is 0.0870. The molecule has 4 heteroatoms. The maximum atomic E-state index is 10.6. The van der Waals surface area contributed by atoms with Crippen LogP contribution in [0.15, 0.2) is 6.20 Å². The van der Waals surface area contributed by atoms with Crippen LogP contribution in [-0.2, 0) is 16.6 Å². The molecule has 4 nitrogen and oxygen atoms in total. The van der Waals surface area contributed by atoms with Gasteiger partial charge in [0.2, 0.25) is 0 Å². The standard InChI is InChI=1S/C10H16N2O2/c1-4-7-6-11-9(12-7)10(2,3)5-8(13)14/h6H,4-5H2,1-3H3,(H,11,12)(H,13,14). The maximum absolute atomic E-state index is 10.6. The fourth-order valence-corrected chi connectivity index (χ4v) is 1.34. The second kappa shape index (κ2) is 3.82. The first-order valence-corrected chi connectivity index (χ1v) is 4.72. The van der Waals surface area contributed by atoms with Gasteiger partial charge >= 0.3 is 5.97 Å². The molecule has 0 aliphatic carbocycles. The van der Waals surface area contributed by atoms with E-state index in [1.165, 1.54) is 0 Å². The Morgan fingerprint density at radius 2 is 2.29 bits per heavy atom. The van der Waals surface area contributed by atoms with Gasteiger partial charge in [-0.05, 0) is 6.42 Å². The summed E-state index contributed by atoms with van der Waals surface area (Å²) in [5, 5.41) is 8.73. The number of carboxylic acids is 1. The Hall–Kier alpha value is -1.32. The van der Waals surface area contributed by atoms with Crippen molar-refractivity contribution in [3.8, 4) is 0 Å². The molecular weight excluding hydrogens is 180 g/mol. The summed E-state index contributed by atoms with van der Waals surface area (Å²) in [6, 6.07) is 0. The highest BCUT2D eigenvalue weighted by Crippen LogP contribution is 2.24. The van der Waals surface area contributed by atoms with E-state index >= 15 is 0 Å². The van der Waals surface area contributed by atoms with Crippen molar-refractivity contribution in [3.05, 3.63) is 17.7 Å². The third kappa shape index (κ3) is 2.34. The predicted octanol–water partition coefficient (Wildman–Crippen LogP) is 1.72. The Labute approximate surface area is 83.4 Å². The molecule has 2 N–H and O–H groups in total. The first kappa shape index (κ1) is 10.8. The molecule has 0 aromatic carbocycles. The summed E-state index contributed by atoms with van der Waals surface area (Å²) in [5.41, 5.74) is 0.609. The first-order chi connectivity index (χ1) is 6.45. The van der Waals surface area contributed by atoms with Crippen molar-refractivity contribution in [2.75, 3.05) is 0 Å². The number of carboxylic acid groups (broad SMARTS) is 1. The van der Waals surface area contributed by atoms with E-state index in [1.54, 1.807) is 6.20 Å². The molecule has 1 aromatic rings. The molecule has 1 rings (SSSR count). The van der Waals surface area contributed by atoms with Gasteiger partial charge in [-0.15, -0.1) is 0 Å². The molecule has 0 spiro atoms. The van der Waals surface area contributed by atoms with Crippen molar-refractivity contribution in [2.45, 2.75) is 39.0 Å². The number of nitrogens with one attached hydrogen (secondary N) is 1. The molecule has 0 aliphatic heterocycles. The number of hydrogen-bond acceptors (Lipinski definition) is 2. The second-order valence-corrected chi connectivity index (χ2v) is 4.06. The maximum Gasteiger partial charge on any atom is 0.304 e. The molecule has 0 unspecified atom stereocenters. The summed E-state index contributed by atoms with van der Waals surface area (Å²) in [7, 11) is 0. The number of H-pyrrole nitrogens is 1. The summed E-state index contributed by atoms with van der Waals surface area (Å²) >= 11 is 0. The number of nitrogens with zero attached hydrogens (tertiary/aromatic N) is 1. The van der Waals surface area contributed by atoms with Gasteiger partial charge in [0, 0.05) is 17.3 Å². The van der Waals surface area contributed by atoms with Crippen molar-refractivity contribution in [3.63, 3.8) is 0 Å². The Kier molecular flexibility index (Phi) is 2.93. The monoisotopic (exact) mass is 196 g/mol. The van der Waals surface area contributed by atoms with E-state index in [-0.39, 0.29) is 6.42 Å². The van der Waals surface area contributed by atoms with Crippen LogP contribution in [0.3, 0.4) is 0 Å².